The number of halogens is 1. The predicted octanol–water partition coefficient (Wildman–Crippen LogP) is 3.13. The number of hydrogen-bond donors (Lipinski definition) is 2. The average Bonchev–Trinajstić information content (AvgIpc) is 3.02. The summed E-state index contributed by atoms with van der Waals surface area (Å²) in [6, 6.07) is 10.8. The van der Waals surface area contributed by atoms with Gasteiger partial charge in [-0.25, -0.2) is 8.42 Å². The highest BCUT2D eigenvalue weighted by molar-refractivity contribution is 7.89. The number of sulfonamides is 1. The number of fused-ring (bicyclic) bond motifs is 1. The zero-order chi connectivity index (χ0) is 18.0. The highest BCUT2D eigenvalue weighted by Crippen LogP contribution is 2.25. The maximum Gasteiger partial charge on any atom is 0.242 e. The summed E-state index contributed by atoms with van der Waals surface area (Å²) < 4.78 is 27.1. The standard InChI is InChI=1S/C18H19ClN2O3S/c1-12(21-25(23,24)17-7-3-6-15(19)11-17)18(22)20-16-9-8-13-4-2-5-14(13)10-16/h3,6-12,21H,2,4-5H2,1H3,(H,20,22)/t12-/m0/s1. The molecule has 132 valence electrons. The van der Waals surface area contributed by atoms with Gasteiger partial charge in [0.05, 0.1) is 10.9 Å². The largest absolute Gasteiger partial charge is 0.325 e. The van der Waals surface area contributed by atoms with Crippen molar-refractivity contribution >= 4 is 33.2 Å². The Labute approximate surface area is 152 Å². The highest BCUT2D eigenvalue weighted by atomic mass is 35.5. The summed E-state index contributed by atoms with van der Waals surface area (Å²) in [6.45, 7) is 1.50. The van der Waals surface area contributed by atoms with E-state index in [2.05, 4.69) is 10.0 Å². The first kappa shape index (κ1) is 17.9. The maximum absolute atomic E-state index is 12.4. The lowest BCUT2D eigenvalue weighted by Crippen LogP contribution is -2.41. The molecule has 0 radical (unpaired) electrons. The molecule has 0 aliphatic heterocycles. The first-order valence-electron chi connectivity index (χ1n) is 8.06. The van der Waals surface area contributed by atoms with Crippen LogP contribution in [0.5, 0.6) is 0 Å². The molecule has 0 saturated heterocycles. The third-order valence-electron chi connectivity index (χ3n) is 4.20. The van der Waals surface area contributed by atoms with E-state index in [9.17, 15) is 13.2 Å². The Hall–Kier alpha value is -1.89. The van der Waals surface area contributed by atoms with E-state index in [1.165, 1.54) is 30.2 Å². The fraction of sp³-hybridized carbons (Fsp3) is 0.278. The molecule has 0 spiro atoms. The summed E-state index contributed by atoms with van der Waals surface area (Å²) in [5.41, 5.74) is 3.23. The highest BCUT2D eigenvalue weighted by Gasteiger charge is 2.22. The van der Waals surface area contributed by atoms with E-state index in [4.69, 9.17) is 11.6 Å². The zero-order valence-corrected chi connectivity index (χ0v) is 15.3. The van der Waals surface area contributed by atoms with Crippen molar-refractivity contribution in [2.45, 2.75) is 37.1 Å². The van der Waals surface area contributed by atoms with Crippen LogP contribution in [0.15, 0.2) is 47.4 Å². The van der Waals surface area contributed by atoms with Gasteiger partial charge in [0, 0.05) is 10.7 Å². The van der Waals surface area contributed by atoms with Gasteiger partial charge in [-0.2, -0.15) is 4.72 Å². The number of nitrogens with one attached hydrogen (secondary N) is 2. The summed E-state index contributed by atoms with van der Waals surface area (Å²) in [4.78, 5) is 12.3. The van der Waals surface area contributed by atoms with Crippen LogP contribution < -0.4 is 10.0 Å². The second-order valence-electron chi connectivity index (χ2n) is 6.13. The molecule has 0 aromatic heterocycles. The first-order chi connectivity index (χ1) is 11.8. The Morgan fingerprint density at radius 1 is 1.12 bits per heavy atom. The van der Waals surface area contributed by atoms with Gasteiger partial charge in [-0.15, -0.1) is 0 Å². The van der Waals surface area contributed by atoms with Gasteiger partial charge in [-0.3, -0.25) is 4.79 Å². The van der Waals surface area contributed by atoms with Gasteiger partial charge in [0.25, 0.3) is 0 Å². The summed E-state index contributed by atoms with van der Waals surface area (Å²) in [6.07, 6.45) is 3.21. The van der Waals surface area contributed by atoms with Crippen LogP contribution in [-0.4, -0.2) is 20.4 Å². The molecule has 25 heavy (non-hydrogen) atoms. The van der Waals surface area contributed by atoms with E-state index in [0.29, 0.717) is 10.7 Å². The molecule has 3 rings (SSSR count). The number of aryl methyl sites for hydroxylation is 2. The van der Waals surface area contributed by atoms with Crippen molar-refractivity contribution in [1.29, 1.82) is 0 Å². The van der Waals surface area contributed by atoms with E-state index < -0.39 is 22.0 Å². The summed E-state index contributed by atoms with van der Waals surface area (Å²) in [5, 5.41) is 3.08. The summed E-state index contributed by atoms with van der Waals surface area (Å²) >= 11 is 5.83. The van der Waals surface area contributed by atoms with E-state index in [1.807, 2.05) is 18.2 Å². The summed E-state index contributed by atoms with van der Waals surface area (Å²) in [5.74, 6) is -0.413. The van der Waals surface area contributed by atoms with Crippen LogP contribution in [0.1, 0.15) is 24.5 Å². The third kappa shape index (κ3) is 4.21. The van der Waals surface area contributed by atoms with E-state index in [1.54, 1.807) is 12.1 Å². The number of carbonyl (C=O) groups is 1. The Morgan fingerprint density at radius 2 is 1.88 bits per heavy atom. The lowest BCUT2D eigenvalue weighted by molar-refractivity contribution is -0.117. The molecule has 1 amide bonds. The van der Waals surface area contributed by atoms with Crippen LogP contribution in [0.3, 0.4) is 0 Å². The van der Waals surface area contributed by atoms with Crippen molar-refractivity contribution < 1.29 is 13.2 Å². The van der Waals surface area contributed by atoms with Gasteiger partial charge in [-0.1, -0.05) is 23.7 Å². The van der Waals surface area contributed by atoms with Crippen LogP contribution in [-0.2, 0) is 27.7 Å². The van der Waals surface area contributed by atoms with E-state index >= 15 is 0 Å². The van der Waals surface area contributed by atoms with Crippen molar-refractivity contribution in [3.63, 3.8) is 0 Å². The maximum atomic E-state index is 12.4. The zero-order valence-electron chi connectivity index (χ0n) is 13.8. The van der Waals surface area contributed by atoms with Gasteiger partial charge in [0.15, 0.2) is 0 Å². The fourth-order valence-electron chi connectivity index (χ4n) is 2.89. The second kappa shape index (κ2) is 7.15. The first-order valence-corrected chi connectivity index (χ1v) is 9.92. The average molecular weight is 379 g/mol. The molecule has 5 nitrogen and oxygen atoms in total. The minimum atomic E-state index is -3.82. The molecule has 2 aromatic carbocycles. The molecule has 0 fully saturated rings. The molecular formula is C18H19ClN2O3S. The minimum Gasteiger partial charge on any atom is -0.325 e. The number of carbonyl (C=O) groups excluding carboxylic acids is 1. The Morgan fingerprint density at radius 3 is 2.64 bits per heavy atom. The van der Waals surface area contributed by atoms with Crippen molar-refractivity contribution in [2.75, 3.05) is 5.32 Å². The van der Waals surface area contributed by atoms with Crippen LogP contribution in [0.25, 0.3) is 0 Å². The quantitative estimate of drug-likeness (QED) is 0.839. The number of rotatable bonds is 5. The van der Waals surface area contributed by atoms with Crippen LogP contribution in [0.2, 0.25) is 5.02 Å². The van der Waals surface area contributed by atoms with Gasteiger partial charge in [0.1, 0.15) is 0 Å². The van der Waals surface area contributed by atoms with Crippen molar-refractivity contribution in [1.82, 2.24) is 4.72 Å². The molecule has 1 aliphatic rings. The SMILES string of the molecule is C[C@H](NS(=O)(=O)c1cccc(Cl)c1)C(=O)Nc1ccc2c(c1)CCC2. The molecule has 2 aromatic rings. The molecule has 0 unspecified atom stereocenters. The van der Waals surface area contributed by atoms with Crippen molar-refractivity contribution in [3.8, 4) is 0 Å². The molecule has 0 heterocycles. The van der Waals surface area contributed by atoms with E-state index in [-0.39, 0.29) is 4.90 Å². The van der Waals surface area contributed by atoms with Gasteiger partial charge >= 0.3 is 0 Å². The van der Waals surface area contributed by atoms with Crippen LogP contribution in [0.4, 0.5) is 5.69 Å². The fourth-order valence-corrected chi connectivity index (χ4v) is 4.39. The number of hydrogen-bond acceptors (Lipinski definition) is 3. The van der Waals surface area contributed by atoms with Crippen molar-refractivity contribution in [2.24, 2.45) is 0 Å². The number of anilines is 1. The minimum absolute atomic E-state index is 0.0252. The second-order valence-corrected chi connectivity index (χ2v) is 8.28. The Bertz CT molecular complexity index is 912. The third-order valence-corrected chi connectivity index (χ3v) is 5.97. The molecule has 2 N–H and O–H groups in total. The smallest absolute Gasteiger partial charge is 0.242 e. The van der Waals surface area contributed by atoms with Gasteiger partial charge < -0.3 is 5.32 Å². The van der Waals surface area contributed by atoms with Crippen LogP contribution in [0, 0.1) is 0 Å². The Kier molecular flexibility index (Phi) is 5.13. The lowest BCUT2D eigenvalue weighted by atomic mass is 10.1. The summed E-state index contributed by atoms with van der Waals surface area (Å²) in [7, 11) is -3.82. The molecule has 1 aliphatic carbocycles. The number of benzene rings is 2. The van der Waals surface area contributed by atoms with Crippen LogP contribution >= 0.6 is 11.6 Å². The molecule has 7 heteroatoms. The molecule has 0 saturated carbocycles. The molecular weight excluding hydrogens is 360 g/mol. The molecule has 1 atom stereocenters. The normalized spacial score (nSPS) is 14.8. The van der Waals surface area contributed by atoms with Gasteiger partial charge in [-0.05, 0) is 67.6 Å². The topological polar surface area (TPSA) is 75.3 Å². The lowest BCUT2D eigenvalue weighted by Gasteiger charge is -2.15. The van der Waals surface area contributed by atoms with E-state index in [0.717, 1.165) is 19.3 Å². The Balaban J connectivity index is 1.68. The van der Waals surface area contributed by atoms with Crippen molar-refractivity contribution in [3.05, 3.63) is 58.6 Å². The van der Waals surface area contributed by atoms with Gasteiger partial charge in [0.2, 0.25) is 15.9 Å². The molecule has 0 bridgehead atoms. The number of amides is 1. The monoisotopic (exact) mass is 378 g/mol. The predicted molar refractivity (Wildman–Crippen MR) is 98.3 cm³/mol.